The Morgan fingerprint density at radius 2 is 2.06 bits per heavy atom. The van der Waals surface area contributed by atoms with Gasteiger partial charge in [-0.2, -0.15) is 0 Å². The van der Waals surface area contributed by atoms with E-state index in [1.54, 1.807) is 6.92 Å². The Bertz CT molecular complexity index is 373. The lowest BCUT2D eigenvalue weighted by atomic mass is 10.2. The topological polar surface area (TPSA) is 51.2 Å². The maximum absolute atomic E-state index is 11.6. The SMILES string of the molecule is CCOC(=O)c1nc(NC(CC)CC)sc1C. The summed E-state index contributed by atoms with van der Waals surface area (Å²) >= 11 is 1.50. The summed E-state index contributed by atoms with van der Waals surface area (Å²) in [5.74, 6) is -0.334. The summed E-state index contributed by atoms with van der Waals surface area (Å²) in [5.41, 5.74) is 0.435. The molecule has 0 fully saturated rings. The van der Waals surface area contributed by atoms with Crippen LogP contribution in [-0.2, 0) is 4.74 Å². The first kappa shape index (κ1) is 14.0. The van der Waals surface area contributed by atoms with Crippen molar-refractivity contribution >= 4 is 22.4 Å². The van der Waals surface area contributed by atoms with Crippen molar-refractivity contribution in [1.29, 1.82) is 0 Å². The normalized spacial score (nSPS) is 10.6. The summed E-state index contributed by atoms with van der Waals surface area (Å²) in [6.07, 6.45) is 2.09. The van der Waals surface area contributed by atoms with Gasteiger partial charge in [0.15, 0.2) is 10.8 Å². The highest BCUT2D eigenvalue weighted by Crippen LogP contribution is 2.24. The summed E-state index contributed by atoms with van der Waals surface area (Å²) < 4.78 is 4.96. The molecule has 0 aliphatic heterocycles. The maximum atomic E-state index is 11.6. The molecular formula is C12H20N2O2S. The van der Waals surface area contributed by atoms with Gasteiger partial charge in [0.05, 0.1) is 6.61 Å². The van der Waals surface area contributed by atoms with Gasteiger partial charge in [0.1, 0.15) is 0 Å². The van der Waals surface area contributed by atoms with E-state index in [4.69, 9.17) is 4.74 Å². The van der Waals surface area contributed by atoms with Gasteiger partial charge in [-0.3, -0.25) is 0 Å². The van der Waals surface area contributed by atoms with Gasteiger partial charge in [-0.15, -0.1) is 11.3 Å². The summed E-state index contributed by atoms with van der Waals surface area (Å²) in [6, 6.07) is 0.413. The van der Waals surface area contributed by atoms with Crippen LogP contribution in [0, 0.1) is 6.92 Å². The van der Waals surface area contributed by atoms with Crippen LogP contribution < -0.4 is 5.32 Å². The second-order valence-electron chi connectivity index (χ2n) is 3.80. The van der Waals surface area contributed by atoms with Gasteiger partial charge in [0.25, 0.3) is 0 Å². The second kappa shape index (κ2) is 6.59. The highest BCUT2D eigenvalue weighted by Gasteiger charge is 2.17. The van der Waals surface area contributed by atoms with Gasteiger partial charge in [0.2, 0.25) is 0 Å². The van der Waals surface area contributed by atoms with E-state index >= 15 is 0 Å². The molecule has 0 radical (unpaired) electrons. The van der Waals surface area contributed by atoms with Crippen LogP contribution in [0.15, 0.2) is 0 Å². The molecule has 0 aromatic carbocycles. The molecule has 0 amide bonds. The smallest absolute Gasteiger partial charge is 0.358 e. The van der Waals surface area contributed by atoms with Gasteiger partial charge in [-0.1, -0.05) is 13.8 Å². The quantitative estimate of drug-likeness (QED) is 0.794. The molecule has 0 aliphatic rings. The molecule has 1 rings (SSSR count). The summed E-state index contributed by atoms with van der Waals surface area (Å²) in [6.45, 7) is 8.33. The summed E-state index contributed by atoms with van der Waals surface area (Å²) in [7, 11) is 0. The van der Waals surface area contributed by atoms with Crippen molar-refractivity contribution in [3.63, 3.8) is 0 Å². The molecule has 1 heterocycles. The van der Waals surface area contributed by atoms with Gasteiger partial charge < -0.3 is 10.1 Å². The molecule has 96 valence electrons. The van der Waals surface area contributed by atoms with Crippen molar-refractivity contribution in [1.82, 2.24) is 4.98 Å². The van der Waals surface area contributed by atoms with Crippen molar-refractivity contribution in [2.45, 2.75) is 46.6 Å². The van der Waals surface area contributed by atoms with Crippen LogP contribution in [0.2, 0.25) is 0 Å². The number of aryl methyl sites for hydroxylation is 1. The second-order valence-corrected chi connectivity index (χ2v) is 5.01. The third kappa shape index (κ3) is 3.70. The predicted octanol–water partition coefficient (Wildman–Crippen LogP) is 3.23. The van der Waals surface area contributed by atoms with Crippen LogP contribution >= 0.6 is 11.3 Å². The molecule has 0 spiro atoms. The van der Waals surface area contributed by atoms with Crippen molar-refractivity contribution < 1.29 is 9.53 Å². The van der Waals surface area contributed by atoms with Crippen molar-refractivity contribution in [2.24, 2.45) is 0 Å². The molecule has 0 saturated carbocycles. The number of rotatable bonds is 6. The Morgan fingerprint density at radius 1 is 1.41 bits per heavy atom. The largest absolute Gasteiger partial charge is 0.461 e. The number of nitrogens with one attached hydrogen (secondary N) is 1. The summed E-state index contributed by atoms with van der Waals surface area (Å²) in [4.78, 5) is 16.8. The third-order valence-electron chi connectivity index (χ3n) is 2.58. The minimum absolute atomic E-state index is 0.334. The number of thiazole rings is 1. The van der Waals surface area contributed by atoms with Crippen LogP contribution in [0.1, 0.15) is 49.0 Å². The number of ether oxygens (including phenoxy) is 1. The lowest BCUT2D eigenvalue weighted by molar-refractivity contribution is 0.0519. The Labute approximate surface area is 106 Å². The molecule has 0 unspecified atom stereocenters. The van der Waals surface area contributed by atoms with E-state index in [1.807, 2.05) is 6.92 Å². The van der Waals surface area contributed by atoms with Crippen LogP contribution in [0.25, 0.3) is 0 Å². The fourth-order valence-electron chi connectivity index (χ4n) is 1.51. The van der Waals surface area contributed by atoms with E-state index in [1.165, 1.54) is 11.3 Å². The van der Waals surface area contributed by atoms with Crippen molar-refractivity contribution in [2.75, 3.05) is 11.9 Å². The minimum Gasteiger partial charge on any atom is -0.461 e. The van der Waals surface area contributed by atoms with Gasteiger partial charge in [-0.05, 0) is 26.7 Å². The van der Waals surface area contributed by atoms with Crippen LogP contribution in [0.3, 0.4) is 0 Å². The lowest BCUT2D eigenvalue weighted by Gasteiger charge is -2.12. The standard InChI is InChI=1S/C12H20N2O2S/c1-5-9(6-2)13-12-14-10(8(4)17-12)11(15)16-7-3/h9H,5-7H2,1-4H3,(H,13,14). The number of esters is 1. The molecule has 1 N–H and O–H groups in total. The molecular weight excluding hydrogens is 236 g/mol. The first-order valence-corrected chi connectivity index (χ1v) is 6.85. The van der Waals surface area contributed by atoms with E-state index < -0.39 is 0 Å². The number of carbonyl (C=O) groups is 1. The highest BCUT2D eigenvalue weighted by atomic mass is 32.1. The van der Waals surface area contributed by atoms with E-state index in [0.29, 0.717) is 18.3 Å². The van der Waals surface area contributed by atoms with E-state index in [-0.39, 0.29) is 5.97 Å². The van der Waals surface area contributed by atoms with Crippen LogP contribution in [0.5, 0.6) is 0 Å². The van der Waals surface area contributed by atoms with E-state index in [9.17, 15) is 4.79 Å². The molecule has 0 aliphatic carbocycles. The Kier molecular flexibility index (Phi) is 5.41. The Hall–Kier alpha value is -1.10. The minimum atomic E-state index is -0.334. The lowest BCUT2D eigenvalue weighted by Crippen LogP contribution is -2.17. The van der Waals surface area contributed by atoms with E-state index in [2.05, 4.69) is 24.1 Å². The Morgan fingerprint density at radius 3 is 2.59 bits per heavy atom. The number of anilines is 1. The van der Waals surface area contributed by atoms with Gasteiger partial charge in [0, 0.05) is 10.9 Å². The third-order valence-corrected chi connectivity index (χ3v) is 3.48. The molecule has 0 bridgehead atoms. The van der Waals surface area contributed by atoms with Crippen LogP contribution in [0.4, 0.5) is 5.13 Å². The van der Waals surface area contributed by atoms with Gasteiger partial charge >= 0.3 is 5.97 Å². The molecule has 1 aromatic heterocycles. The molecule has 5 heteroatoms. The van der Waals surface area contributed by atoms with Crippen molar-refractivity contribution in [3.8, 4) is 0 Å². The molecule has 1 aromatic rings. The monoisotopic (exact) mass is 256 g/mol. The zero-order valence-corrected chi connectivity index (χ0v) is 11.7. The molecule has 4 nitrogen and oxygen atoms in total. The van der Waals surface area contributed by atoms with E-state index in [0.717, 1.165) is 22.9 Å². The maximum Gasteiger partial charge on any atom is 0.358 e. The number of hydrogen-bond acceptors (Lipinski definition) is 5. The zero-order chi connectivity index (χ0) is 12.8. The van der Waals surface area contributed by atoms with Crippen molar-refractivity contribution in [3.05, 3.63) is 10.6 Å². The Balaban J connectivity index is 2.77. The molecule has 17 heavy (non-hydrogen) atoms. The average Bonchev–Trinajstić information content (AvgIpc) is 2.67. The summed E-state index contributed by atoms with van der Waals surface area (Å²) in [5, 5.41) is 4.14. The molecule has 0 atom stereocenters. The highest BCUT2D eigenvalue weighted by molar-refractivity contribution is 7.15. The average molecular weight is 256 g/mol. The fourth-order valence-corrected chi connectivity index (χ4v) is 2.39. The first-order valence-electron chi connectivity index (χ1n) is 6.03. The number of carbonyl (C=O) groups excluding carboxylic acids is 1. The molecule has 0 saturated heterocycles. The van der Waals surface area contributed by atoms with Crippen LogP contribution in [-0.4, -0.2) is 23.6 Å². The zero-order valence-electron chi connectivity index (χ0n) is 10.9. The van der Waals surface area contributed by atoms with Gasteiger partial charge in [-0.25, -0.2) is 9.78 Å². The predicted molar refractivity (Wildman–Crippen MR) is 70.8 cm³/mol. The first-order chi connectivity index (χ1) is 8.12. The number of aromatic nitrogens is 1. The fraction of sp³-hybridized carbons (Fsp3) is 0.667. The number of nitrogens with zero attached hydrogens (tertiary/aromatic N) is 1. The number of hydrogen-bond donors (Lipinski definition) is 1.